The Labute approximate surface area is 113 Å². The van der Waals surface area contributed by atoms with Gasteiger partial charge < -0.3 is 15.7 Å². The standard InChI is InChI=1S/C13H24N2O4/c1-9(11(17)18)5-7-14-10(16)6-8-15-12(19)13(2,3)4/h9H,5-8H2,1-4H3,(H,14,16)(H,15,19)(H,17,18). The zero-order valence-corrected chi connectivity index (χ0v) is 12.1. The van der Waals surface area contributed by atoms with E-state index in [1.807, 2.05) is 0 Å². The molecule has 3 N–H and O–H groups in total. The molecule has 0 heterocycles. The summed E-state index contributed by atoms with van der Waals surface area (Å²) in [6.45, 7) is 7.62. The number of hydrogen-bond donors (Lipinski definition) is 3. The van der Waals surface area contributed by atoms with Crippen LogP contribution in [0, 0.1) is 11.3 Å². The van der Waals surface area contributed by atoms with Gasteiger partial charge in [0.05, 0.1) is 5.92 Å². The van der Waals surface area contributed by atoms with Gasteiger partial charge in [0.1, 0.15) is 0 Å². The molecule has 110 valence electrons. The van der Waals surface area contributed by atoms with Crippen molar-refractivity contribution in [3.05, 3.63) is 0 Å². The minimum atomic E-state index is -0.869. The molecular weight excluding hydrogens is 248 g/mol. The number of rotatable bonds is 7. The van der Waals surface area contributed by atoms with Gasteiger partial charge in [0.2, 0.25) is 11.8 Å². The largest absolute Gasteiger partial charge is 0.481 e. The second-order valence-electron chi connectivity index (χ2n) is 5.63. The Kier molecular flexibility index (Phi) is 7.11. The van der Waals surface area contributed by atoms with Crippen LogP contribution in [-0.2, 0) is 14.4 Å². The van der Waals surface area contributed by atoms with E-state index < -0.39 is 17.3 Å². The third-order valence-electron chi connectivity index (χ3n) is 2.64. The molecule has 0 bridgehead atoms. The third kappa shape index (κ3) is 8.18. The zero-order valence-electron chi connectivity index (χ0n) is 12.1. The van der Waals surface area contributed by atoms with E-state index >= 15 is 0 Å². The van der Waals surface area contributed by atoms with E-state index in [1.54, 1.807) is 27.7 Å². The summed E-state index contributed by atoms with van der Waals surface area (Å²) in [7, 11) is 0. The number of nitrogens with one attached hydrogen (secondary N) is 2. The molecule has 0 aromatic carbocycles. The molecule has 6 nitrogen and oxygen atoms in total. The monoisotopic (exact) mass is 272 g/mol. The van der Waals surface area contributed by atoms with Crippen molar-refractivity contribution in [1.82, 2.24) is 10.6 Å². The second-order valence-corrected chi connectivity index (χ2v) is 5.63. The lowest BCUT2D eigenvalue weighted by Gasteiger charge is -2.17. The Morgan fingerprint density at radius 1 is 1.11 bits per heavy atom. The number of carboxylic acid groups (broad SMARTS) is 1. The van der Waals surface area contributed by atoms with Crippen LogP contribution in [0.5, 0.6) is 0 Å². The molecule has 0 aliphatic heterocycles. The van der Waals surface area contributed by atoms with Gasteiger partial charge >= 0.3 is 5.97 Å². The van der Waals surface area contributed by atoms with E-state index in [0.717, 1.165) is 0 Å². The molecule has 0 saturated carbocycles. The normalized spacial score (nSPS) is 12.6. The fourth-order valence-electron chi connectivity index (χ4n) is 1.19. The Hall–Kier alpha value is -1.59. The summed E-state index contributed by atoms with van der Waals surface area (Å²) in [5.41, 5.74) is -0.465. The smallest absolute Gasteiger partial charge is 0.306 e. The Morgan fingerprint density at radius 2 is 1.68 bits per heavy atom. The number of carboxylic acids is 1. The summed E-state index contributed by atoms with van der Waals surface area (Å²) >= 11 is 0. The number of carbonyl (C=O) groups excluding carboxylic acids is 2. The van der Waals surface area contributed by atoms with Crippen LogP contribution in [0.4, 0.5) is 0 Å². The van der Waals surface area contributed by atoms with Crippen molar-refractivity contribution in [1.29, 1.82) is 0 Å². The molecule has 0 spiro atoms. The highest BCUT2D eigenvalue weighted by Crippen LogP contribution is 2.12. The molecule has 0 saturated heterocycles. The average Bonchev–Trinajstić information content (AvgIpc) is 2.27. The highest BCUT2D eigenvalue weighted by molar-refractivity contribution is 5.82. The van der Waals surface area contributed by atoms with E-state index in [9.17, 15) is 14.4 Å². The summed E-state index contributed by atoms with van der Waals surface area (Å²) in [5, 5.41) is 14.0. The van der Waals surface area contributed by atoms with Crippen molar-refractivity contribution in [3.63, 3.8) is 0 Å². The van der Waals surface area contributed by atoms with Crippen molar-refractivity contribution in [2.24, 2.45) is 11.3 Å². The summed E-state index contributed by atoms with van der Waals surface area (Å²) < 4.78 is 0. The van der Waals surface area contributed by atoms with Gasteiger partial charge in [0.15, 0.2) is 0 Å². The van der Waals surface area contributed by atoms with Gasteiger partial charge in [-0.2, -0.15) is 0 Å². The van der Waals surface area contributed by atoms with E-state index in [2.05, 4.69) is 10.6 Å². The summed E-state index contributed by atoms with van der Waals surface area (Å²) in [6, 6.07) is 0. The highest BCUT2D eigenvalue weighted by atomic mass is 16.4. The summed E-state index contributed by atoms with van der Waals surface area (Å²) in [6.07, 6.45) is 0.596. The van der Waals surface area contributed by atoms with Gasteiger partial charge in [0, 0.05) is 24.9 Å². The van der Waals surface area contributed by atoms with E-state index in [4.69, 9.17) is 5.11 Å². The molecule has 1 atom stereocenters. The van der Waals surface area contributed by atoms with Crippen LogP contribution in [0.25, 0.3) is 0 Å². The number of hydrogen-bond acceptors (Lipinski definition) is 3. The first-order chi connectivity index (χ1) is 8.64. The Morgan fingerprint density at radius 3 is 2.16 bits per heavy atom. The highest BCUT2D eigenvalue weighted by Gasteiger charge is 2.20. The predicted molar refractivity (Wildman–Crippen MR) is 71.5 cm³/mol. The molecule has 0 aliphatic rings. The van der Waals surface area contributed by atoms with Crippen LogP contribution in [0.2, 0.25) is 0 Å². The molecule has 0 fully saturated rings. The molecule has 0 radical (unpaired) electrons. The van der Waals surface area contributed by atoms with Gasteiger partial charge in [-0.15, -0.1) is 0 Å². The van der Waals surface area contributed by atoms with Gasteiger partial charge in [-0.05, 0) is 6.42 Å². The van der Waals surface area contributed by atoms with Gasteiger partial charge in [-0.3, -0.25) is 14.4 Å². The molecular formula is C13H24N2O4. The Bertz CT molecular complexity index is 334. The number of aliphatic carboxylic acids is 1. The van der Waals surface area contributed by atoms with Gasteiger partial charge in [-0.25, -0.2) is 0 Å². The lowest BCUT2D eigenvalue weighted by Crippen LogP contribution is -2.37. The van der Waals surface area contributed by atoms with Crippen LogP contribution in [0.15, 0.2) is 0 Å². The molecule has 2 amide bonds. The quantitative estimate of drug-likeness (QED) is 0.637. The van der Waals surface area contributed by atoms with Crippen molar-refractivity contribution in [2.45, 2.75) is 40.5 Å². The van der Waals surface area contributed by atoms with Gasteiger partial charge in [0.25, 0.3) is 0 Å². The maximum absolute atomic E-state index is 11.5. The molecule has 1 unspecified atom stereocenters. The van der Waals surface area contributed by atoms with Crippen LogP contribution < -0.4 is 10.6 Å². The van der Waals surface area contributed by atoms with Crippen molar-refractivity contribution in [2.75, 3.05) is 13.1 Å². The van der Waals surface area contributed by atoms with Crippen molar-refractivity contribution >= 4 is 17.8 Å². The fourth-order valence-corrected chi connectivity index (χ4v) is 1.19. The van der Waals surface area contributed by atoms with Crippen LogP contribution in [0.1, 0.15) is 40.5 Å². The fraction of sp³-hybridized carbons (Fsp3) is 0.769. The van der Waals surface area contributed by atoms with Crippen LogP contribution in [-0.4, -0.2) is 36.0 Å². The SMILES string of the molecule is CC(CCNC(=O)CCNC(=O)C(C)(C)C)C(=O)O. The maximum Gasteiger partial charge on any atom is 0.306 e. The first-order valence-corrected chi connectivity index (χ1v) is 6.42. The molecule has 0 aromatic heterocycles. The topological polar surface area (TPSA) is 95.5 Å². The lowest BCUT2D eigenvalue weighted by atomic mass is 9.96. The summed E-state index contributed by atoms with van der Waals surface area (Å²) in [5.74, 6) is -1.63. The van der Waals surface area contributed by atoms with Gasteiger partial charge in [-0.1, -0.05) is 27.7 Å². The minimum Gasteiger partial charge on any atom is -0.481 e. The first-order valence-electron chi connectivity index (χ1n) is 6.42. The first kappa shape index (κ1) is 17.4. The molecule has 0 aromatic rings. The molecule has 0 aliphatic carbocycles. The number of carbonyl (C=O) groups is 3. The minimum absolute atomic E-state index is 0.0974. The maximum atomic E-state index is 11.5. The van der Waals surface area contributed by atoms with E-state index in [0.29, 0.717) is 13.0 Å². The summed E-state index contributed by atoms with van der Waals surface area (Å²) in [4.78, 5) is 33.5. The predicted octanol–water partition coefficient (Wildman–Crippen LogP) is 0.766. The zero-order chi connectivity index (χ0) is 15.1. The third-order valence-corrected chi connectivity index (χ3v) is 2.64. The van der Waals surface area contributed by atoms with Crippen molar-refractivity contribution in [3.8, 4) is 0 Å². The lowest BCUT2D eigenvalue weighted by molar-refractivity contribution is -0.141. The average molecular weight is 272 g/mol. The van der Waals surface area contributed by atoms with Crippen LogP contribution in [0.3, 0.4) is 0 Å². The van der Waals surface area contributed by atoms with E-state index in [-0.39, 0.29) is 24.8 Å². The molecule has 19 heavy (non-hydrogen) atoms. The number of amides is 2. The molecule has 0 rings (SSSR count). The Balaban J connectivity index is 3.72. The second kappa shape index (κ2) is 7.76. The van der Waals surface area contributed by atoms with Crippen LogP contribution >= 0.6 is 0 Å². The van der Waals surface area contributed by atoms with E-state index in [1.165, 1.54) is 0 Å². The molecule has 6 heteroatoms. The van der Waals surface area contributed by atoms with Crippen molar-refractivity contribution < 1.29 is 19.5 Å².